The SMILES string of the molecule is Cc1ccc([N+](=O)[O-])cc1NC(=O)CSc1nc(C)c(C)c(=O)[nH]1. The number of thioether (sulfide) groups is 1. The van der Waals surface area contributed by atoms with Gasteiger partial charge < -0.3 is 10.3 Å². The first-order valence-electron chi connectivity index (χ1n) is 7.03. The van der Waals surface area contributed by atoms with E-state index in [4.69, 9.17) is 0 Å². The molecular formula is C15H16N4O4S. The summed E-state index contributed by atoms with van der Waals surface area (Å²) in [6.07, 6.45) is 0. The van der Waals surface area contributed by atoms with Gasteiger partial charge in [0.05, 0.1) is 16.4 Å². The summed E-state index contributed by atoms with van der Waals surface area (Å²) in [5.74, 6) is -0.322. The molecule has 0 atom stereocenters. The topological polar surface area (TPSA) is 118 Å². The Morgan fingerprint density at radius 3 is 2.71 bits per heavy atom. The van der Waals surface area contributed by atoms with Crippen molar-refractivity contribution in [3.8, 4) is 0 Å². The highest BCUT2D eigenvalue weighted by Crippen LogP contribution is 2.22. The Bertz CT molecular complexity index is 863. The molecule has 0 aliphatic heterocycles. The molecule has 2 rings (SSSR count). The third-order valence-corrected chi connectivity index (χ3v) is 4.29. The highest BCUT2D eigenvalue weighted by Gasteiger charge is 2.12. The number of benzene rings is 1. The third-order valence-electron chi connectivity index (χ3n) is 3.42. The molecule has 0 aliphatic rings. The molecule has 126 valence electrons. The fourth-order valence-corrected chi connectivity index (χ4v) is 2.57. The number of aromatic nitrogens is 2. The molecule has 0 radical (unpaired) electrons. The van der Waals surface area contributed by atoms with Gasteiger partial charge in [-0.15, -0.1) is 0 Å². The summed E-state index contributed by atoms with van der Waals surface area (Å²) in [7, 11) is 0. The zero-order chi connectivity index (χ0) is 17.9. The standard InChI is InChI=1S/C15H16N4O4S/c1-8-4-5-11(19(22)23)6-12(8)17-13(20)7-24-15-16-10(3)9(2)14(21)18-15/h4-6H,7H2,1-3H3,(H,17,20)(H,16,18,21). The normalized spacial score (nSPS) is 10.5. The predicted octanol–water partition coefficient (Wildman–Crippen LogP) is 2.33. The second kappa shape index (κ2) is 7.26. The highest BCUT2D eigenvalue weighted by atomic mass is 32.2. The first-order chi connectivity index (χ1) is 11.3. The Morgan fingerprint density at radius 1 is 1.38 bits per heavy atom. The third kappa shape index (κ3) is 4.19. The van der Waals surface area contributed by atoms with Crippen molar-refractivity contribution < 1.29 is 9.72 Å². The van der Waals surface area contributed by atoms with Gasteiger partial charge in [-0.2, -0.15) is 0 Å². The number of H-pyrrole nitrogens is 1. The van der Waals surface area contributed by atoms with Crippen molar-refractivity contribution in [1.82, 2.24) is 9.97 Å². The molecule has 24 heavy (non-hydrogen) atoms. The molecule has 9 heteroatoms. The summed E-state index contributed by atoms with van der Waals surface area (Å²) in [6.45, 7) is 5.14. The summed E-state index contributed by atoms with van der Waals surface area (Å²) in [5.41, 5.74) is 1.92. The lowest BCUT2D eigenvalue weighted by Crippen LogP contribution is -2.17. The summed E-state index contributed by atoms with van der Waals surface area (Å²) in [4.78, 5) is 40.8. The smallest absolute Gasteiger partial charge is 0.271 e. The number of aromatic amines is 1. The van der Waals surface area contributed by atoms with E-state index in [1.165, 1.54) is 12.1 Å². The molecule has 0 saturated carbocycles. The van der Waals surface area contributed by atoms with Crippen molar-refractivity contribution in [3.63, 3.8) is 0 Å². The minimum absolute atomic E-state index is 0.0214. The molecule has 1 amide bonds. The van der Waals surface area contributed by atoms with Crippen molar-refractivity contribution in [2.45, 2.75) is 25.9 Å². The van der Waals surface area contributed by atoms with E-state index >= 15 is 0 Å². The first kappa shape index (κ1) is 17.7. The molecule has 2 aromatic rings. The van der Waals surface area contributed by atoms with Gasteiger partial charge in [0, 0.05) is 23.4 Å². The predicted molar refractivity (Wildman–Crippen MR) is 91.5 cm³/mol. The summed E-state index contributed by atoms with van der Waals surface area (Å²) < 4.78 is 0. The maximum atomic E-state index is 12.0. The zero-order valence-corrected chi connectivity index (χ0v) is 14.2. The molecular weight excluding hydrogens is 332 g/mol. The van der Waals surface area contributed by atoms with E-state index in [0.29, 0.717) is 22.1 Å². The van der Waals surface area contributed by atoms with E-state index in [0.717, 1.165) is 17.3 Å². The Morgan fingerprint density at radius 2 is 2.08 bits per heavy atom. The lowest BCUT2D eigenvalue weighted by Gasteiger charge is -2.08. The number of carbonyl (C=O) groups excluding carboxylic acids is 1. The number of amides is 1. The van der Waals surface area contributed by atoms with Gasteiger partial charge in [0.2, 0.25) is 5.91 Å². The fraction of sp³-hybridized carbons (Fsp3) is 0.267. The largest absolute Gasteiger partial charge is 0.325 e. The number of hydrogen-bond donors (Lipinski definition) is 2. The van der Waals surface area contributed by atoms with Gasteiger partial charge >= 0.3 is 0 Å². The molecule has 2 N–H and O–H groups in total. The molecule has 0 saturated heterocycles. The summed E-state index contributed by atoms with van der Waals surface area (Å²) in [5, 5.41) is 13.8. The fourth-order valence-electron chi connectivity index (χ4n) is 1.87. The van der Waals surface area contributed by atoms with Crippen LogP contribution in [0.5, 0.6) is 0 Å². The van der Waals surface area contributed by atoms with Crippen molar-refractivity contribution in [2.75, 3.05) is 11.1 Å². The minimum Gasteiger partial charge on any atom is -0.325 e. The van der Waals surface area contributed by atoms with Crippen LogP contribution in [0, 0.1) is 30.9 Å². The summed E-state index contributed by atoms with van der Waals surface area (Å²) in [6, 6.07) is 4.26. The molecule has 1 aromatic heterocycles. The van der Waals surface area contributed by atoms with E-state index in [9.17, 15) is 19.7 Å². The average molecular weight is 348 g/mol. The van der Waals surface area contributed by atoms with Crippen LogP contribution < -0.4 is 10.9 Å². The molecule has 0 aliphatic carbocycles. The number of nitro groups is 1. The maximum Gasteiger partial charge on any atom is 0.271 e. The van der Waals surface area contributed by atoms with Crippen LogP contribution in [0.1, 0.15) is 16.8 Å². The molecule has 0 unspecified atom stereocenters. The van der Waals surface area contributed by atoms with E-state index in [1.807, 2.05) is 0 Å². The Hall–Kier alpha value is -2.68. The van der Waals surface area contributed by atoms with Crippen LogP contribution in [0.25, 0.3) is 0 Å². The number of non-ortho nitro benzene ring substituents is 1. The van der Waals surface area contributed by atoms with E-state index in [2.05, 4.69) is 15.3 Å². The molecule has 1 heterocycles. The van der Waals surface area contributed by atoms with Gasteiger partial charge in [-0.05, 0) is 26.3 Å². The minimum atomic E-state index is -0.520. The van der Waals surface area contributed by atoms with E-state index in [1.54, 1.807) is 26.8 Å². The molecule has 0 bridgehead atoms. The van der Waals surface area contributed by atoms with Gasteiger partial charge in [-0.25, -0.2) is 4.98 Å². The molecule has 8 nitrogen and oxygen atoms in total. The maximum absolute atomic E-state index is 12.0. The number of nitrogens with one attached hydrogen (secondary N) is 2. The number of rotatable bonds is 5. The number of anilines is 1. The number of carbonyl (C=O) groups is 1. The molecule has 0 fully saturated rings. The van der Waals surface area contributed by atoms with Gasteiger partial charge in [-0.1, -0.05) is 17.8 Å². The van der Waals surface area contributed by atoms with Gasteiger partial charge in [0.15, 0.2) is 5.16 Å². The van der Waals surface area contributed by atoms with Crippen LogP contribution >= 0.6 is 11.8 Å². The van der Waals surface area contributed by atoms with Crippen LogP contribution in [0.2, 0.25) is 0 Å². The zero-order valence-electron chi connectivity index (χ0n) is 13.4. The Balaban J connectivity index is 2.05. The first-order valence-corrected chi connectivity index (χ1v) is 8.01. The Labute approximate surface area is 141 Å². The van der Waals surface area contributed by atoms with E-state index in [-0.39, 0.29) is 22.9 Å². The number of nitro benzene ring substituents is 1. The second-order valence-corrected chi connectivity index (χ2v) is 6.14. The van der Waals surface area contributed by atoms with Crippen LogP contribution in [0.3, 0.4) is 0 Å². The highest BCUT2D eigenvalue weighted by molar-refractivity contribution is 7.99. The van der Waals surface area contributed by atoms with Crippen molar-refractivity contribution in [3.05, 3.63) is 55.5 Å². The lowest BCUT2D eigenvalue weighted by molar-refractivity contribution is -0.384. The number of aryl methyl sites for hydroxylation is 2. The van der Waals surface area contributed by atoms with E-state index < -0.39 is 4.92 Å². The average Bonchev–Trinajstić information content (AvgIpc) is 2.52. The molecule has 0 spiro atoms. The lowest BCUT2D eigenvalue weighted by atomic mass is 10.2. The number of nitrogens with zero attached hydrogens (tertiary/aromatic N) is 2. The van der Waals surface area contributed by atoms with Gasteiger partial charge in [-0.3, -0.25) is 19.7 Å². The molecule has 1 aromatic carbocycles. The summed E-state index contributed by atoms with van der Waals surface area (Å²) >= 11 is 1.09. The van der Waals surface area contributed by atoms with Crippen molar-refractivity contribution in [2.24, 2.45) is 0 Å². The van der Waals surface area contributed by atoms with Crippen LogP contribution in [-0.4, -0.2) is 26.6 Å². The quantitative estimate of drug-likeness (QED) is 0.370. The monoisotopic (exact) mass is 348 g/mol. The van der Waals surface area contributed by atoms with Crippen LogP contribution in [-0.2, 0) is 4.79 Å². The van der Waals surface area contributed by atoms with Gasteiger partial charge in [0.25, 0.3) is 11.2 Å². The second-order valence-electron chi connectivity index (χ2n) is 5.17. The van der Waals surface area contributed by atoms with Crippen LogP contribution in [0.15, 0.2) is 28.2 Å². The van der Waals surface area contributed by atoms with Crippen molar-refractivity contribution in [1.29, 1.82) is 0 Å². The number of hydrogen-bond acceptors (Lipinski definition) is 6. The van der Waals surface area contributed by atoms with Crippen molar-refractivity contribution >= 4 is 29.0 Å². The Kier molecular flexibility index (Phi) is 5.35. The van der Waals surface area contributed by atoms with Crippen LogP contribution in [0.4, 0.5) is 11.4 Å². The van der Waals surface area contributed by atoms with Gasteiger partial charge in [0.1, 0.15) is 0 Å².